The average molecular weight is 350 g/mol. The Kier molecular flexibility index (Phi) is 5.49. The monoisotopic (exact) mass is 350 g/mol. The van der Waals surface area contributed by atoms with Gasteiger partial charge in [0.2, 0.25) is 5.91 Å². The molecule has 1 atom stereocenters. The van der Waals surface area contributed by atoms with E-state index in [1.165, 1.54) is 4.57 Å². The maximum Gasteiger partial charge on any atom is 0.258 e. The molecule has 26 heavy (non-hydrogen) atoms. The second-order valence-corrected chi connectivity index (χ2v) is 6.17. The standard InChI is InChI=1S/C21H22N2O3/c1-2-16(15-7-4-3-5-8-15)20(25)22-19-10-6-9-18-17(19)11-12-23(13-14-24)21(18)26/h3-12,16,24H,2,13-14H2,1H3,(H,22,25). The lowest BCUT2D eigenvalue weighted by Gasteiger charge is -2.17. The van der Waals surface area contributed by atoms with Crippen LogP contribution in [0.1, 0.15) is 24.8 Å². The van der Waals surface area contributed by atoms with Crippen molar-refractivity contribution >= 4 is 22.4 Å². The van der Waals surface area contributed by atoms with E-state index >= 15 is 0 Å². The number of amides is 1. The van der Waals surface area contributed by atoms with Crippen LogP contribution in [0, 0.1) is 0 Å². The molecule has 0 aliphatic carbocycles. The van der Waals surface area contributed by atoms with Crippen LogP contribution in [0.25, 0.3) is 10.8 Å². The Morgan fingerprint density at radius 1 is 1.08 bits per heavy atom. The van der Waals surface area contributed by atoms with E-state index in [-0.39, 0.29) is 30.5 Å². The van der Waals surface area contributed by atoms with Crippen LogP contribution in [0.4, 0.5) is 5.69 Å². The van der Waals surface area contributed by atoms with Crippen LogP contribution in [-0.2, 0) is 11.3 Å². The molecule has 0 radical (unpaired) electrons. The lowest BCUT2D eigenvalue weighted by atomic mass is 9.95. The number of hydrogen-bond donors (Lipinski definition) is 2. The summed E-state index contributed by atoms with van der Waals surface area (Å²) >= 11 is 0. The maximum atomic E-state index is 12.8. The third-order valence-corrected chi connectivity index (χ3v) is 4.54. The van der Waals surface area contributed by atoms with Gasteiger partial charge in [-0.1, -0.05) is 43.3 Å². The van der Waals surface area contributed by atoms with Crippen molar-refractivity contribution < 1.29 is 9.90 Å². The van der Waals surface area contributed by atoms with Crippen molar-refractivity contribution in [1.29, 1.82) is 0 Å². The zero-order chi connectivity index (χ0) is 18.5. The van der Waals surface area contributed by atoms with E-state index in [9.17, 15) is 9.59 Å². The van der Waals surface area contributed by atoms with Crippen molar-refractivity contribution in [3.63, 3.8) is 0 Å². The van der Waals surface area contributed by atoms with Crippen molar-refractivity contribution in [2.45, 2.75) is 25.8 Å². The summed E-state index contributed by atoms with van der Waals surface area (Å²) in [4.78, 5) is 25.3. The fraction of sp³-hybridized carbons (Fsp3) is 0.238. The number of pyridine rings is 1. The highest BCUT2D eigenvalue weighted by Crippen LogP contribution is 2.25. The molecule has 3 rings (SSSR count). The molecular formula is C21H22N2O3. The number of fused-ring (bicyclic) bond motifs is 1. The number of carbonyl (C=O) groups is 1. The third kappa shape index (κ3) is 3.53. The molecule has 0 fully saturated rings. The Morgan fingerprint density at radius 3 is 2.54 bits per heavy atom. The Hall–Kier alpha value is -2.92. The van der Waals surface area contributed by atoms with Crippen LogP contribution in [0.5, 0.6) is 0 Å². The minimum atomic E-state index is -0.249. The van der Waals surface area contributed by atoms with Crippen molar-refractivity contribution in [3.8, 4) is 0 Å². The van der Waals surface area contributed by atoms with E-state index in [2.05, 4.69) is 5.32 Å². The zero-order valence-corrected chi connectivity index (χ0v) is 14.7. The Balaban J connectivity index is 1.94. The SMILES string of the molecule is CCC(C(=O)Nc1cccc2c(=O)n(CCO)ccc12)c1ccccc1. The van der Waals surface area contributed by atoms with Gasteiger partial charge in [-0.3, -0.25) is 9.59 Å². The van der Waals surface area contributed by atoms with Crippen LogP contribution in [0.15, 0.2) is 65.6 Å². The third-order valence-electron chi connectivity index (χ3n) is 4.54. The van der Waals surface area contributed by atoms with Gasteiger partial charge in [0.05, 0.1) is 12.5 Å². The molecule has 1 heterocycles. The predicted octanol–water partition coefficient (Wildman–Crippen LogP) is 3.13. The predicted molar refractivity (Wildman–Crippen MR) is 103 cm³/mol. The number of carbonyl (C=O) groups excluding carboxylic acids is 1. The number of nitrogens with zero attached hydrogens (tertiary/aromatic N) is 1. The summed E-state index contributed by atoms with van der Waals surface area (Å²) in [6.45, 7) is 2.13. The molecule has 0 saturated heterocycles. The molecule has 0 aliphatic heterocycles. The van der Waals surface area contributed by atoms with Crippen LogP contribution in [0.3, 0.4) is 0 Å². The van der Waals surface area contributed by atoms with Gasteiger partial charge >= 0.3 is 0 Å². The number of rotatable bonds is 6. The van der Waals surface area contributed by atoms with E-state index in [0.29, 0.717) is 22.9 Å². The average Bonchev–Trinajstić information content (AvgIpc) is 2.66. The quantitative estimate of drug-likeness (QED) is 0.717. The molecule has 0 spiro atoms. The number of nitrogens with one attached hydrogen (secondary N) is 1. The number of benzene rings is 2. The van der Waals surface area contributed by atoms with E-state index < -0.39 is 0 Å². The second-order valence-electron chi connectivity index (χ2n) is 6.17. The van der Waals surface area contributed by atoms with Crippen molar-refractivity contribution in [2.75, 3.05) is 11.9 Å². The molecule has 5 nitrogen and oxygen atoms in total. The van der Waals surface area contributed by atoms with Gasteiger partial charge < -0.3 is 15.0 Å². The maximum absolute atomic E-state index is 12.8. The van der Waals surface area contributed by atoms with Crippen LogP contribution < -0.4 is 10.9 Å². The van der Waals surface area contributed by atoms with E-state index in [0.717, 1.165) is 5.56 Å². The smallest absolute Gasteiger partial charge is 0.258 e. The van der Waals surface area contributed by atoms with Crippen molar-refractivity contribution in [1.82, 2.24) is 4.57 Å². The highest BCUT2D eigenvalue weighted by atomic mass is 16.3. The fourth-order valence-electron chi connectivity index (χ4n) is 3.19. The summed E-state index contributed by atoms with van der Waals surface area (Å²) in [6.07, 6.45) is 2.33. The minimum absolute atomic E-state index is 0.0919. The number of aromatic nitrogens is 1. The highest BCUT2D eigenvalue weighted by Gasteiger charge is 2.19. The molecule has 1 amide bonds. The van der Waals surface area contributed by atoms with Crippen LogP contribution in [-0.4, -0.2) is 22.2 Å². The van der Waals surface area contributed by atoms with Gasteiger partial charge in [-0.2, -0.15) is 0 Å². The molecule has 1 aromatic heterocycles. The van der Waals surface area contributed by atoms with Gasteiger partial charge in [-0.05, 0) is 30.2 Å². The highest BCUT2D eigenvalue weighted by molar-refractivity contribution is 6.03. The van der Waals surface area contributed by atoms with Crippen molar-refractivity contribution in [2.24, 2.45) is 0 Å². The van der Waals surface area contributed by atoms with Gasteiger partial charge in [0, 0.05) is 29.2 Å². The van der Waals surface area contributed by atoms with E-state index in [1.807, 2.05) is 37.3 Å². The summed E-state index contributed by atoms with van der Waals surface area (Å²) in [5.41, 5.74) is 1.41. The van der Waals surface area contributed by atoms with Crippen LogP contribution in [0.2, 0.25) is 0 Å². The van der Waals surface area contributed by atoms with E-state index in [1.54, 1.807) is 30.5 Å². The Bertz CT molecular complexity index is 964. The molecule has 5 heteroatoms. The minimum Gasteiger partial charge on any atom is -0.395 e. The van der Waals surface area contributed by atoms with Gasteiger partial charge in [0.15, 0.2) is 0 Å². The first-order chi connectivity index (χ1) is 12.7. The molecule has 1 unspecified atom stereocenters. The van der Waals surface area contributed by atoms with Crippen molar-refractivity contribution in [3.05, 3.63) is 76.7 Å². The Morgan fingerprint density at radius 2 is 1.85 bits per heavy atom. The summed E-state index contributed by atoms with van der Waals surface area (Å²) in [6, 6.07) is 16.8. The molecule has 0 saturated carbocycles. The Labute approximate surface area is 151 Å². The topological polar surface area (TPSA) is 71.3 Å². The lowest BCUT2D eigenvalue weighted by molar-refractivity contribution is -0.117. The first kappa shape index (κ1) is 17.9. The number of aliphatic hydroxyl groups is 1. The first-order valence-corrected chi connectivity index (χ1v) is 8.74. The van der Waals surface area contributed by atoms with E-state index in [4.69, 9.17) is 5.11 Å². The molecule has 0 aliphatic rings. The first-order valence-electron chi connectivity index (χ1n) is 8.74. The molecule has 2 aromatic carbocycles. The molecule has 0 bridgehead atoms. The number of anilines is 1. The van der Waals surface area contributed by atoms with Gasteiger partial charge in [-0.15, -0.1) is 0 Å². The van der Waals surface area contributed by atoms with Gasteiger partial charge in [0.25, 0.3) is 5.56 Å². The largest absolute Gasteiger partial charge is 0.395 e. The summed E-state index contributed by atoms with van der Waals surface area (Å²) in [5, 5.41) is 13.3. The van der Waals surface area contributed by atoms with Gasteiger partial charge in [-0.25, -0.2) is 0 Å². The number of hydrogen-bond acceptors (Lipinski definition) is 3. The normalized spacial score (nSPS) is 12.1. The molecule has 2 N–H and O–H groups in total. The van der Waals surface area contributed by atoms with Gasteiger partial charge in [0.1, 0.15) is 0 Å². The fourth-order valence-corrected chi connectivity index (χ4v) is 3.19. The summed E-state index contributed by atoms with van der Waals surface area (Å²) in [7, 11) is 0. The zero-order valence-electron chi connectivity index (χ0n) is 14.7. The molecular weight excluding hydrogens is 328 g/mol. The summed E-state index contributed by atoms with van der Waals surface area (Å²) in [5.74, 6) is -0.341. The number of aliphatic hydroxyl groups excluding tert-OH is 1. The molecule has 3 aromatic rings. The van der Waals surface area contributed by atoms with Crippen LogP contribution >= 0.6 is 0 Å². The second kappa shape index (κ2) is 7.97. The molecule has 134 valence electrons. The lowest BCUT2D eigenvalue weighted by Crippen LogP contribution is -2.23. The summed E-state index contributed by atoms with van der Waals surface area (Å²) < 4.78 is 1.47.